The fourth-order valence-electron chi connectivity index (χ4n) is 3.89. The van der Waals surface area contributed by atoms with E-state index in [0.717, 1.165) is 34.7 Å². The molecule has 8 nitrogen and oxygen atoms in total. The van der Waals surface area contributed by atoms with Gasteiger partial charge in [-0.15, -0.1) is 0 Å². The molecule has 1 aliphatic rings. The van der Waals surface area contributed by atoms with Gasteiger partial charge in [0.05, 0.1) is 27.0 Å². The number of amides is 2. The topological polar surface area (TPSA) is 93.2 Å². The largest absolute Gasteiger partial charge is 0.493 e. The van der Waals surface area contributed by atoms with Gasteiger partial charge in [-0.05, 0) is 30.5 Å². The summed E-state index contributed by atoms with van der Waals surface area (Å²) in [5.74, 6) is -0.0452. The summed E-state index contributed by atoms with van der Waals surface area (Å²) in [4.78, 5) is 27.4. The van der Waals surface area contributed by atoms with E-state index in [2.05, 4.69) is 0 Å². The van der Waals surface area contributed by atoms with Crippen LogP contribution < -0.4 is 14.4 Å². The van der Waals surface area contributed by atoms with Gasteiger partial charge in [-0.2, -0.15) is 0 Å². The van der Waals surface area contributed by atoms with E-state index in [4.69, 9.17) is 9.47 Å². The van der Waals surface area contributed by atoms with Crippen LogP contribution in [0, 0.1) is 0 Å². The van der Waals surface area contributed by atoms with Crippen LogP contribution in [-0.4, -0.2) is 51.6 Å². The van der Waals surface area contributed by atoms with Gasteiger partial charge in [0.15, 0.2) is 11.5 Å². The molecule has 0 spiro atoms. The van der Waals surface area contributed by atoms with E-state index in [0.29, 0.717) is 23.6 Å². The van der Waals surface area contributed by atoms with Crippen LogP contribution in [0.2, 0.25) is 0 Å². The lowest BCUT2D eigenvalue weighted by Gasteiger charge is -2.29. The highest BCUT2D eigenvalue weighted by molar-refractivity contribution is 7.88. The van der Waals surface area contributed by atoms with Crippen molar-refractivity contribution in [1.82, 2.24) is 4.31 Å². The van der Waals surface area contributed by atoms with Gasteiger partial charge >= 0.3 is 0 Å². The van der Waals surface area contributed by atoms with Gasteiger partial charge < -0.3 is 14.4 Å². The number of carbonyl (C=O) groups is 2. The minimum absolute atomic E-state index is 0.0750. The molecule has 32 heavy (non-hydrogen) atoms. The average molecular weight is 461 g/mol. The van der Waals surface area contributed by atoms with Crippen molar-refractivity contribution < 1.29 is 27.5 Å². The first kappa shape index (κ1) is 23.6. The maximum atomic E-state index is 12.9. The molecule has 1 aliphatic heterocycles. The maximum absolute atomic E-state index is 12.9. The second-order valence-electron chi connectivity index (χ2n) is 7.59. The Hall–Kier alpha value is -3.07. The molecule has 2 aromatic carbocycles. The van der Waals surface area contributed by atoms with E-state index < -0.39 is 15.9 Å². The Morgan fingerprint density at radius 3 is 2.47 bits per heavy atom. The maximum Gasteiger partial charge on any atom is 0.236 e. The molecule has 0 fully saturated rings. The molecule has 0 bridgehead atoms. The first-order valence-corrected chi connectivity index (χ1v) is 12.2. The third-order valence-electron chi connectivity index (χ3n) is 5.44. The highest BCUT2D eigenvalue weighted by Gasteiger charge is 2.28. The number of nitrogens with zero attached hydrogens (tertiary/aromatic N) is 2. The van der Waals surface area contributed by atoms with Crippen molar-refractivity contribution in [3.8, 4) is 11.5 Å². The molecule has 0 atom stereocenters. The number of fused-ring (bicyclic) bond motifs is 1. The number of sulfonamides is 1. The summed E-state index contributed by atoms with van der Waals surface area (Å²) in [6.45, 7) is 0.375. The van der Waals surface area contributed by atoms with E-state index >= 15 is 0 Å². The van der Waals surface area contributed by atoms with E-state index in [9.17, 15) is 18.0 Å². The summed E-state index contributed by atoms with van der Waals surface area (Å²) >= 11 is 0. The molecule has 3 rings (SSSR count). The third kappa shape index (κ3) is 5.21. The quantitative estimate of drug-likeness (QED) is 0.601. The van der Waals surface area contributed by atoms with Gasteiger partial charge in [-0.25, -0.2) is 12.7 Å². The summed E-state index contributed by atoms with van der Waals surface area (Å²) in [5, 5.41) is 0. The summed E-state index contributed by atoms with van der Waals surface area (Å²) in [6.07, 6.45) is 2.44. The smallest absolute Gasteiger partial charge is 0.236 e. The average Bonchev–Trinajstić information content (AvgIpc) is 2.79. The van der Waals surface area contributed by atoms with Gasteiger partial charge in [-0.1, -0.05) is 30.3 Å². The summed E-state index contributed by atoms with van der Waals surface area (Å²) in [5.41, 5.74) is 2.44. The first-order valence-electron chi connectivity index (χ1n) is 10.3. The number of methoxy groups -OCH3 is 2. The highest BCUT2D eigenvalue weighted by Crippen LogP contribution is 2.32. The molecule has 2 aromatic rings. The fraction of sp³-hybridized carbons (Fsp3) is 0.391. The number of aryl methyl sites for hydroxylation is 1. The summed E-state index contributed by atoms with van der Waals surface area (Å²) < 4.78 is 36.1. The second kappa shape index (κ2) is 10.0. The fourth-order valence-corrected chi connectivity index (χ4v) is 4.72. The van der Waals surface area contributed by atoms with Crippen molar-refractivity contribution in [3.63, 3.8) is 0 Å². The van der Waals surface area contributed by atoms with Crippen molar-refractivity contribution in [2.75, 3.05) is 31.9 Å². The minimum Gasteiger partial charge on any atom is -0.493 e. The van der Waals surface area contributed by atoms with Gasteiger partial charge in [0.25, 0.3) is 0 Å². The molecule has 0 aromatic heterocycles. The van der Waals surface area contributed by atoms with Gasteiger partial charge in [0.2, 0.25) is 21.8 Å². The Labute approximate surface area is 188 Å². The Balaban J connectivity index is 1.74. The van der Waals surface area contributed by atoms with E-state index in [-0.39, 0.29) is 25.3 Å². The molecule has 9 heteroatoms. The molecule has 2 amide bonds. The van der Waals surface area contributed by atoms with Gasteiger partial charge in [0, 0.05) is 30.6 Å². The van der Waals surface area contributed by atoms with Crippen molar-refractivity contribution in [2.45, 2.75) is 32.2 Å². The van der Waals surface area contributed by atoms with E-state index in [1.54, 1.807) is 23.1 Å². The summed E-state index contributed by atoms with van der Waals surface area (Å²) in [7, 11) is -0.941. The molecule has 1 heterocycles. The van der Waals surface area contributed by atoms with Crippen LogP contribution in [0.4, 0.5) is 5.69 Å². The van der Waals surface area contributed by atoms with Crippen molar-refractivity contribution in [1.29, 1.82) is 0 Å². The zero-order valence-electron chi connectivity index (χ0n) is 18.5. The number of para-hydroxylation sites is 2. The van der Waals surface area contributed by atoms with Crippen LogP contribution in [-0.2, 0) is 32.6 Å². The van der Waals surface area contributed by atoms with Crippen LogP contribution in [0.3, 0.4) is 0 Å². The van der Waals surface area contributed by atoms with Crippen LogP contribution in [0.25, 0.3) is 0 Å². The first-order chi connectivity index (χ1) is 15.3. The molecular weight excluding hydrogens is 432 g/mol. The predicted octanol–water partition coefficient (Wildman–Crippen LogP) is 2.75. The molecule has 0 unspecified atom stereocenters. The zero-order valence-corrected chi connectivity index (χ0v) is 19.4. The monoisotopic (exact) mass is 460 g/mol. The summed E-state index contributed by atoms with van der Waals surface area (Å²) in [6, 6.07) is 12.8. The lowest BCUT2D eigenvalue weighted by Crippen LogP contribution is -2.38. The number of anilines is 1. The van der Waals surface area contributed by atoms with Crippen LogP contribution in [0.5, 0.6) is 11.5 Å². The number of benzene rings is 2. The molecular formula is C23H28N2O6S. The van der Waals surface area contributed by atoms with E-state index in [1.165, 1.54) is 14.2 Å². The van der Waals surface area contributed by atoms with Gasteiger partial charge in [-0.3, -0.25) is 9.59 Å². The van der Waals surface area contributed by atoms with Gasteiger partial charge in [0.1, 0.15) is 0 Å². The number of hydrogen-bond acceptors (Lipinski definition) is 6. The Morgan fingerprint density at radius 1 is 1.03 bits per heavy atom. The Bertz CT molecular complexity index is 1100. The minimum atomic E-state index is -3.87. The number of ether oxygens (including phenoxy) is 2. The van der Waals surface area contributed by atoms with Crippen LogP contribution in [0.1, 0.15) is 30.4 Å². The van der Waals surface area contributed by atoms with Crippen LogP contribution in [0.15, 0.2) is 42.5 Å². The predicted molar refractivity (Wildman–Crippen MR) is 121 cm³/mol. The molecule has 0 saturated heterocycles. The molecule has 0 aliphatic carbocycles. The zero-order chi connectivity index (χ0) is 23.3. The molecule has 0 N–H and O–H groups in total. The molecule has 172 valence electrons. The highest BCUT2D eigenvalue weighted by atomic mass is 32.2. The molecule has 0 saturated carbocycles. The van der Waals surface area contributed by atoms with Crippen molar-refractivity contribution in [3.05, 3.63) is 53.6 Å². The third-order valence-corrected chi connectivity index (χ3v) is 6.57. The normalized spacial score (nSPS) is 13.3. The lowest BCUT2D eigenvalue weighted by molar-refractivity contribution is -0.129. The van der Waals surface area contributed by atoms with Crippen molar-refractivity contribution in [2.24, 2.45) is 0 Å². The molecule has 0 radical (unpaired) electrons. The lowest BCUT2D eigenvalue weighted by atomic mass is 10.0. The standard InChI is InChI=1S/C23H28N2O6S/c1-30-20-12-6-9-18(23(20)31-2)16-25(32(3,28)29)22(27)14-13-21(26)24-15-7-10-17-8-4-5-11-19(17)24/h4-6,8-9,11-12H,7,10,13-16H2,1-3H3. The second-order valence-corrected chi connectivity index (χ2v) is 9.50. The number of rotatable bonds is 8. The van der Waals surface area contributed by atoms with Crippen molar-refractivity contribution >= 4 is 27.5 Å². The Kier molecular flexibility index (Phi) is 7.40. The van der Waals surface area contributed by atoms with E-state index in [1.807, 2.05) is 24.3 Å². The Morgan fingerprint density at radius 2 is 1.78 bits per heavy atom. The SMILES string of the molecule is COc1cccc(CN(C(=O)CCC(=O)N2CCCc3ccccc32)S(C)(=O)=O)c1OC. The number of carbonyl (C=O) groups excluding carboxylic acids is 2. The van der Waals surface area contributed by atoms with Crippen LogP contribution >= 0.6 is 0 Å². The number of hydrogen-bond donors (Lipinski definition) is 0.